The van der Waals surface area contributed by atoms with E-state index in [1.165, 1.54) is 11.3 Å². The van der Waals surface area contributed by atoms with Crippen molar-refractivity contribution in [1.82, 2.24) is 15.6 Å². The number of carbonyl (C=O) groups is 1. The maximum absolute atomic E-state index is 13.8. The van der Waals surface area contributed by atoms with Gasteiger partial charge in [0, 0.05) is 25.2 Å². The van der Waals surface area contributed by atoms with Crippen LogP contribution in [0.4, 0.5) is 28.0 Å². The van der Waals surface area contributed by atoms with E-state index in [1.54, 1.807) is 0 Å². The highest BCUT2D eigenvalue weighted by molar-refractivity contribution is 5.74. The lowest BCUT2D eigenvalue weighted by molar-refractivity contribution is 0.226. The topological polar surface area (TPSA) is 57.3 Å². The third kappa shape index (κ3) is 4.19. The van der Waals surface area contributed by atoms with E-state index in [2.05, 4.69) is 15.6 Å². The van der Waals surface area contributed by atoms with Gasteiger partial charge in [0.25, 0.3) is 11.9 Å². The Kier molecular flexibility index (Phi) is 5.83. The quantitative estimate of drug-likeness (QED) is 0.631. The molecule has 2 fully saturated rings. The highest BCUT2D eigenvalue weighted by atomic mass is 19.2. The summed E-state index contributed by atoms with van der Waals surface area (Å²) in [6, 6.07) is -0.207. The molecule has 2 N–H and O–H groups in total. The minimum absolute atomic E-state index is 0.155. The molecule has 0 spiro atoms. The van der Waals surface area contributed by atoms with Gasteiger partial charge in [0.05, 0.1) is 0 Å². The van der Waals surface area contributed by atoms with Gasteiger partial charge < -0.3 is 15.5 Å². The number of carbonyl (C=O) groups excluding carboxylic acids is 1. The van der Waals surface area contributed by atoms with Crippen LogP contribution in [0, 0.1) is 23.5 Å². The summed E-state index contributed by atoms with van der Waals surface area (Å²) >= 11 is 0. The largest absolute Gasteiger partial charge is 0.366 e. The molecule has 1 aromatic rings. The molecule has 1 saturated heterocycles. The highest BCUT2D eigenvalue weighted by Gasteiger charge is 2.29. The number of rotatable bonds is 3. The first-order chi connectivity index (χ1) is 12.5. The fourth-order valence-electron chi connectivity index (χ4n) is 3.66. The Bertz CT molecular complexity index is 632. The summed E-state index contributed by atoms with van der Waals surface area (Å²) in [5, 5.41) is 5.82. The van der Waals surface area contributed by atoms with Gasteiger partial charge in [-0.25, -0.2) is 4.79 Å². The number of hydrogen-bond acceptors (Lipinski definition) is 3. The lowest BCUT2D eigenvalue weighted by Gasteiger charge is -2.34. The molecule has 1 aromatic heterocycles. The van der Waals surface area contributed by atoms with Gasteiger partial charge in [-0.15, -0.1) is 0 Å². The van der Waals surface area contributed by atoms with Crippen LogP contribution in [0.5, 0.6) is 0 Å². The molecule has 1 aliphatic heterocycles. The second-order valence-corrected chi connectivity index (χ2v) is 6.88. The summed E-state index contributed by atoms with van der Waals surface area (Å²) in [7, 11) is 0. The van der Waals surface area contributed by atoms with Gasteiger partial charge in [-0.1, -0.05) is 19.3 Å². The summed E-state index contributed by atoms with van der Waals surface area (Å²) in [6.45, 7) is 0.343. The average molecular weight is 374 g/mol. The molecule has 2 heterocycles. The Balaban J connectivity index is 1.54. The van der Waals surface area contributed by atoms with Crippen LogP contribution >= 0.6 is 0 Å². The van der Waals surface area contributed by atoms with Gasteiger partial charge in [-0.3, -0.25) is 0 Å². The van der Waals surface area contributed by atoms with Gasteiger partial charge in [-0.05, 0) is 25.7 Å². The summed E-state index contributed by atoms with van der Waals surface area (Å²) in [5.41, 5.74) is -0.736. The van der Waals surface area contributed by atoms with Crippen molar-refractivity contribution in [3.63, 3.8) is 0 Å². The molecule has 0 unspecified atom stereocenters. The van der Waals surface area contributed by atoms with E-state index >= 15 is 0 Å². The molecular weight excluding hydrogens is 352 g/mol. The number of urea groups is 1. The van der Waals surface area contributed by atoms with Crippen molar-refractivity contribution < 1.29 is 22.4 Å². The zero-order valence-electron chi connectivity index (χ0n) is 14.3. The van der Waals surface area contributed by atoms with Crippen molar-refractivity contribution in [1.29, 1.82) is 0 Å². The fraction of sp³-hybridized carbons (Fsp3) is 0.647. The van der Waals surface area contributed by atoms with Crippen LogP contribution in [0.1, 0.15) is 44.9 Å². The SMILES string of the molecule is O=C(NC1CCCCC1)NC1CCN(c2c(F)c(F)nc(F)c2F)CC1. The number of halogens is 4. The second-order valence-electron chi connectivity index (χ2n) is 6.88. The number of amides is 2. The molecule has 26 heavy (non-hydrogen) atoms. The van der Waals surface area contributed by atoms with E-state index in [-0.39, 0.29) is 31.2 Å². The maximum Gasteiger partial charge on any atom is 0.315 e. The molecule has 5 nitrogen and oxygen atoms in total. The van der Waals surface area contributed by atoms with E-state index in [1.807, 2.05) is 0 Å². The molecule has 2 aliphatic rings. The molecule has 9 heteroatoms. The fourth-order valence-corrected chi connectivity index (χ4v) is 3.66. The zero-order chi connectivity index (χ0) is 18.7. The molecule has 0 aromatic carbocycles. The van der Waals surface area contributed by atoms with Crippen molar-refractivity contribution >= 4 is 11.7 Å². The van der Waals surface area contributed by atoms with Crippen LogP contribution in [0.3, 0.4) is 0 Å². The lowest BCUT2D eigenvalue weighted by Crippen LogP contribution is -2.50. The van der Waals surface area contributed by atoms with Crippen molar-refractivity contribution in [2.75, 3.05) is 18.0 Å². The van der Waals surface area contributed by atoms with Crippen LogP contribution in [-0.2, 0) is 0 Å². The number of nitrogens with one attached hydrogen (secondary N) is 2. The Labute approximate surface area is 149 Å². The number of piperidine rings is 1. The van der Waals surface area contributed by atoms with E-state index < -0.39 is 29.2 Å². The molecule has 0 bridgehead atoms. The lowest BCUT2D eigenvalue weighted by atomic mass is 9.96. The second kappa shape index (κ2) is 8.09. The molecule has 3 rings (SSSR count). The first-order valence-corrected chi connectivity index (χ1v) is 8.97. The van der Waals surface area contributed by atoms with Gasteiger partial charge in [-0.2, -0.15) is 22.5 Å². The van der Waals surface area contributed by atoms with Gasteiger partial charge in [0.2, 0.25) is 11.6 Å². The van der Waals surface area contributed by atoms with Crippen LogP contribution in [-0.4, -0.2) is 36.2 Å². The molecule has 2 amide bonds. The highest BCUT2D eigenvalue weighted by Crippen LogP contribution is 2.28. The molecule has 144 valence electrons. The van der Waals surface area contributed by atoms with Gasteiger partial charge in [0.15, 0.2) is 0 Å². The minimum atomic E-state index is -1.66. The third-order valence-corrected chi connectivity index (χ3v) is 5.06. The summed E-state index contributed by atoms with van der Waals surface area (Å²) < 4.78 is 54.2. The van der Waals surface area contributed by atoms with Crippen molar-refractivity contribution in [2.24, 2.45) is 0 Å². The average Bonchev–Trinajstić information content (AvgIpc) is 2.62. The number of hydrogen-bond donors (Lipinski definition) is 2. The number of aromatic nitrogens is 1. The van der Waals surface area contributed by atoms with Crippen molar-refractivity contribution in [3.05, 3.63) is 23.5 Å². The van der Waals surface area contributed by atoms with Crippen LogP contribution in [0.25, 0.3) is 0 Å². The van der Waals surface area contributed by atoms with Crippen molar-refractivity contribution in [2.45, 2.75) is 57.0 Å². The maximum atomic E-state index is 13.8. The van der Waals surface area contributed by atoms with Gasteiger partial charge in [0.1, 0.15) is 5.69 Å². The monoisotopic (exact) mass is 374 g/mol. The van der Waals surface area contributed by atoms with E-state index in [0.717, 1.165) is 25.7 Å². The third-order valence-electron chi connectivity index (χ3n) is 5.06. The molecular formula is C17H22F4N4O. The van der Waals surface area contributed by atoms with E-state index in [9.17, 15) is 22.4 Å². The molecule has 1 saturated carbocycles. The number of nitrogens with zero attached hydrogens (tertiary/aromatic N) is 2. The van der Waals surface area contributed by atoms with Crippen LogP contribution in [0.15, 0.2) is 0 Å². The number of pyridine rings is 1. The van der Waals surface area contributed by atoms with E-state index in [4.69, 9.17) is 0 Å². The van der Waals surface area contributed by atoms with Gasteiger partial charge >= 0.3 is 6.03 Å². The zero-order valence-corrected chi connectivity index (χ0v) is 14.3. The Morgan fingerprint density at radius 2 is 1.35 bits per heavy atom. The van der Waals surface area contributed by atoms with Crippen molar-refractivity contribution in [3.8, 4) is 0 Å². The predicted molar refractivity (Wildman–Crippen MR) is 87.8 cm³/mol. The molecule has 1 aliphatic carbocycles. The molecule has 0 atom stereocenters. The Morgan fingerprint density at radius 1 is 0.846 bits per heavy atom. The van der Waals surface area contributed by atoms with Crippen LogP contribution in [0.2, 0.25) is 0 Å². The first kappa shape index (κ1) is 18.7. The smallest absolute Gasteiger partial charge is 0.315 e. The standard InChI is InChI=1S/C17H22F4N4O/c18-12-14(13(19)16(21)24-15(12)20)25-8-6-11(7-9-25)23-17(26)22-10-4-2-1-3-5-10/h10-11H,1-9H2,(H2,22,23,26). The number of anilines is 1. The summed E-state index contributed by atoms with van der Waals surface area (Å²) in [5.74, 6) is -6.31. The predicted octanol–water partition coefficient (Wildman–Crippen LogP) is 3.24. The summed E-state index contributed by atoms with van der Waals surface area (Å²) in [4.78, 5) is 15.9. The van der Waals surface area contributed by atoms with E-state index in [0.29, 0.717) is 12.8 Å². The molecule has 0 radical (unpaired) electrons. The Morgan fingerprint density at radius 3 is 1.88 bits per heavy atom. The minimum Gasteiger partial charge on any atom is -0.366 e. The Hall–Kier alpha value is -2.06. The summed E-state index contributed by atoms with van der Waals surface area (Å²) in [6.07, 6.45) is 6.21. The first-order valence-electron chi connectivity index (χ1n) is 8.97. The van der Waals surface area contributed by atoms with Crippen LogP contribution < -0.4 is 15.5 Å². The normalized spacial score (nSPS) is 19.5.